The first kappa shape index (κ1) is 13.6. The molecule has 0 atom stereocenters. The second-order valence-corrected chi connectivity index (χ2v) is 5.05. The summed E-state index contributed by atoms with van der Waals surface area (Å²) in [6.07, 6.45) is 1.53. The molecule has 0 fully saturated rings. The van der Waals surface area contributed by atoms with E-state index < -0.39 is 11.6 Å². The standard InChI is InChI=1S/C13H12F2N2OS/c14-9-1-3-11(15)12(7-9)19-6-5-17-8-10(16)2-4-13(17)18/h1-4,7-8H,5-6,16H2. The molecule has 0 radical (unpaired) electrons. The molecule has 0 spiro atoms. The summed E-state index contributed by atoms with van der Waals surface area (Å²) in [5, 5.41) is 0. The number of nitrogen functional groups attached to an aromatic ring is 1. The number of rotatable bonds is 4. The van der Waals surface area contributed by atoms with Crippen molar-refractivity contribution in [1.29, 1.82) is 0 Å². The summed E-state index contributed by atoms with van der Waals surface area (Å²) in [5.74, 6) is -0.500. The lowest BCUT2D eigenvalue weighted by atomic mass is 10.3. The minimum Gasteiger partial charge on any atom is -0.398 e. The number of nitrogens with two attached hydrogens (primary N) is 1. The normalized spacial score (nSPS) is 10.6. The first-order valence-corrected chi connectivity index (χ1v) is 6.58. The van der Waals surface area contributed by atoms with Gasteiger partial charge >= 0.3 is 0 Å². The number of anilines is 1. The molecule has 0 bridgehead atoms. The molecule has 0 aliphatic heterocycles. The van der Waals surface area contributed by atoms with Crippen molar-refractivity contribution in [3.05, 3.63) is 58.5 Å². The molecule has 100 valence electrons. The summed E-state index contributed by atoms with van der Waals surface area (Å²) in [4.78, 5) is 11.7. The number of aromatic nitrogens is 1. The molecular formula is C13H12F2N2OS. The van der Waals surface area contributed by atoms with Crippen LogP contribution < -0.4 is 11.3 Å². The molecule has 1 aromatic carbocycles. The van der Waals surface area contributed by atoms with Gasteiger partial charge in [-0.25, -0.2) is 8.78 Å². The topological polar surface area (TPSA) is 48.0 Å². The van der Waals surface area contributed by atoms with E-state index in [9.17, 15) is 13.6 Å². The van der Waals surface area contributed by atoms with Crippen LogP contribution in [0.15, 0.2) is 46.2 Å². The molecule has 2 aromatic rings. The van der Waals surface area contributed by atoms with E-state index in [-0.39, 0.29) is 10.5 Å². The molecule has 2 rings (SSSR count). The molecule has 0 aliphatic rings. The van der Waals surface area contributed by atoms with Gasteiger partial charge in [0.2, 0.25) is 0 Å². The third-order valence-corrected chi connectivity index (χ3v) is 3.50. The van der Waals surface area contributed by atoms with Crippen LogP contribution >= 0.6 is 11.8 Å². The van der Waals surface area contributed by atoms with Crippen molar-refractivity contribution in [1.82, 2.24) is 4.57 Å². The first-order valence-electron chi connectivity index (χ1n) is 5.60. The van der Waals surface area contributed by atoms with Crippen LogP contribution in [0.1, 0.15) is 0 Å². The summed E-state index contributed by atoms with van der Waals surface area (Å²) in [5.41, 5.74) is 5.89. The summed E-state index contributed by atoms with van der Waals surface area (Å²) < 4.78 is 27.8. The summed E-state index contributed by atoms with van der Waals surface area (Å²) >= 11 is 1.16. The third kappa shape index (κ3) is 3.57. The number of aryl methyl sites for hydroxylation is 1. The lowest BCUT2D eigenvalue weighted by Gasteiger charge is -2.07. The highest BCUT2D eigenvalue weighted by Gasteiger charge is 2.05. The molecule has 3 nitrogen and oxygen atoms in total. The van der Waals surface area contributed by atoms with Crippen molar-refractivity contribution in [3.63, 3.8) is 0 Å². The van der Waals surface area contributed by atoms with E-state index in [0.717, 1.165) is 30.0 Å². The van der Waals surface area contributed by atoms with Crippen molar-refractivity contribution in [3.8, 4) is 0 Å². The van der Waals surface area contributed by atoms with Crippen LogP contribution in [-0.4, -0.2) is 10.3 Å². The predicted octanol–water partition coefficient (Wildman–Crippen LogP) is 2.50. The number of hydrogen-bond acceptors (Lipinski definition) is 3. The van der Waals surface area contributed by atoms with E-state index in [1.807, 2.05) is 0 Å². The highest BCUT2D eigenvalue weighted by molar-refractivity contribution is 7.99. The maximum Gasteiger partial charge on any atom is 0.250 e. The molecule has 2 N–H and O–H groups in total. The number of benzene rings is 1. The maximum atomic E-state index is 13.4. The Labute approximate surface area is 113 Å². The Morgan fingerprint density at radius 2 is 2.00 bits per heavy atom. The van der Waals surface area contributed by atoms with Crippen LogP contribution in [0.2, 0.25) is 0 Å². The average Bonchev–Trinajstić information content (AvgIpc) is 2.38. The number of thioether (sulfide) groups is 1. The Balaban J connectivity index is 2.02. The quantitative estimate of drug-likeness (QED) is 0.877. The van der Waals surface area contributed by atoms with Gasteiger partial charge in [-0.2, -0.15) is 0 Å². The number of pyridine rings is 1. The molecule has 6 heteroatoms. The minimum atomic E-state index is -0.481. The Bertz CT molecular complexity index is 643. The molecule has 0 aliphatic carbocycles. The summed E-state index contributed by atoms with van der Waals surface area (Å²) in [6.45, 7) is 0.379. The van der Waals surface area contributed by atoms with E-state index in [0.29, 0.717) is 18.0 Å². The van der Waals surface area contributed by atoms with Gasteiger partial charge in [0.05, 0.1) is 0 Å². The van der Waals surface area contributed by atoms with E-state index in [2.05, 4.69) is 0 Å². The smallest absolute Gasteiger partial charge is 0.250 e. The molecule has 1 aromatic heterocycles. The molecule has 19 heavy (non-hydrogen) atoms. The predicted molar refractivity (Wildman–Crippen MR) is 72.2 cm³/mol. The van der Waals surface area contributed by atoms with Crippen molar-refractivity contribution >= 4 is 17.4 Å². The van der Waals surface area contributed by atoms with Crippen LogP contribution in [0.4, 0.5) is 14.5 Å². The second kappa shape index (κ2) is 5.88. The molecular weight excluding hydrogens is 270 g/mol. The first-order chi connectivity index (χ1) is 9.06. The fourth-order valence-corrected chi connectivity index (χ4v) is 2.48. The van der Waals surface area contributed by atoms with Gasteiger partial charge in [0.25, 0.3) is 5.56 Å². The lowest BCUT2D eigenvalue weighted by molar-refractivity contribution is 0.577. The zero-order valence-corrected chi connectivity index (χ0v) is 10.8. The van der Waals surface area contributed by atoms with E-state index in [4.69, 9.17) is 5.73 Å². The van der Waals surface area contributed by atoms with Crippen molar-refractivity contribution < 1.29 is 8.78 Å². The van der Waals surface area contributed by atoms with Crippen LogP contribution in [0.3, 0.4) is 0 Å². The van der Waals surface area contributed by atoms with Gasteiger partial charge in [-0.05, 0) is 24.3 Å². The van der Waals surface area contributed by atoms with Gasteiger partial charge in [-0.3, -0.25) is 4.79 Å². The molecule has 0 saturated heterocycles. The maximum absolute atomic E-state index is 13.4. The number of hydrogen-bond donors (Lipinski definition) is 1. The fourth-order valence-electron chi connectivity index (χ4n) is 1.57. The Kier molecular flexibility index (Phi) is 4.21. The molecule has 0 saturated carbocycles. The van der Waals surface area contributed by atoms with Crippen molar-refractivity contribution in [2.45, 2.75) is 11.4 Å². The fraction of sp³-hybridized carbons (Fsp3) is 0.154. The van der Waals surface area contributed by atoms with Gasteiger partial charge in [-0.1, -0.05) is 0 Å². The number of nitrogens with zero attached hydrogens (tertiary/aromatic N) is 1. The minimum absolute atomic E-state index is 0.172. The van der Waals surface area contributed by atoms with Crippen LogP contribution in [0.25, 0.3) is 0 Å². The van der Waals surface area contributed by atoms with Gasteiger partial charge in [-0.15, -0.1) is 11.8 Å². The van der Waals surface area contributed by atoms with E-state index >= 15 is 0 Å². The molecule has 0 unspecified atom stereocenters. The van der Waals surface area contributed by atoms with Crippen molar-refractivity contribution in [2.24, 2.45) is 0 Å². The molecule has 0 amide bonds. The largest absolute Gasteiger partial charge is 0.398 e. The zero-order valence-electron chi connectivity index (χ0n) is 9.98. The Hall–Kier alpha value is -1.82. The van der Waals surface area contributed by atoms with Gasteiger partial charge in [0.15, 0.2) is 0 Å². The average molecular weight is 282 g/mol. The SMILES string of the molecule is Nc1ccc(=O)n(CCSc2cc(F)ccc2F)c1. The van der Waals surface area contributed by atoms with Crippen LogP contribution in [0.5, 0.6) is 0 Å². The van der Waals surface area contributed by atoms with Gasteiger partial charge in [0, 0.05) is 35.1 Å². The summed E-state index contributed by atoms with van der Waals surface area (Å²) in [6, 6.07) is 6.20. The van der Waals surface area contributed by atoms with Gasteiger partial charge in [0.1, 0.15) is 11.6 Å². The second-order valence-electron chi connectivity index (χ2n) is 3.92. The highest BCUT2D eigenvalue weighted by atomic mass is 32.2. The number of halogens is 2. The highest BCUT2D eigenvalue weighted by Crippen LogP contribution is 2.22. The lowest BCUT2D eigenvalue weighted by Crippen LogP contribution is -2.19. The van der Waals surface area contributed by atoms with Crippen LogP contribution in [-0.2, 0) is 6.54 Å². The summed E-state index contributed by atoms with van der Waals surface area (Å²) in [7, 11) is 0. The third-order valence-electron chi connectivity index (χ3n) is 2.49. The van der Waals surface area contributed by atoms with Gasteiger partial charge < -0.3 is 10.3 Å². The Morgan fingerprint density at radius 3 is 2.79 bits per heavy atom. The van der Waals surface area contributed by atoms with E-state index in [1.165, 1.54) is 22.9 Å². The van der Waals surface area contributed by atoms with Crippen LogP contribution in [0, 0.1) is 11.6 Å². The van der Waals surface area contributed by atoms with Crippen molar-refractivity contribution in [2.75, 3.05) is 11.5 Å². The monoisotopic (exact) mass is 282 g/mol. The Morgan fingerprint density at radius 1 is 1.21 bits per heavy atom. The molecule has 1 heterocycles. The zero-order chi connectivity index (χ0) is 13.8. The van der Waals surface area contributed by atoms with E-state index in [1.54, 1.807) is 0 Å².